The second-order valence-electron chi connectivity index (χ2n) is 2.88. The quantitative estimate of drug-likeness (QED) is 0.700. The zero-order chi connectivity index (χ0) is 11.3. The van der Waals surface area contributed by atoms with Crippen molar-refractivity contribution in [1.29, 1.82) is 5.26 Å². The van der Waals surface area contributed by atoms with Gasteiger partial charge in [-0.3, -0.25) is 0 Å². The molecule has 0 saturated heterocycles. The van der Waals surface area contributed by atoms with Crippen molar-refractivity contribution in [3.63, 3.8) is 0 Å². The summed E-state index contributed by atoms with van der Waals surface area (Å²) < 4.78 is 0. The Hall–Kier alpha value is -2.23. The molecule has 0 radical (unpaired) electrons. The number of hydrogen-bond acceptors (Lipinski definition) is 7. The van der Waals surface area contributed by atoms with Gasteiger partial charge in [0.2, 0.25) is 11.6 Å². The smallest absolute Gasteiger partial charge is 0.205 e. The maximum Gasteiger partial charge on any atom is 0.205 e. The van der Waals surface area contributed by atoms with E-state index in [9.17, 15) is 9.81 Å². The van der Waals surface area contributed by atoms with Gasteiger partial charge >= 0.3 is 0 Å². The van der Waals surface area contributed by atoms with Gasteiger partial charge in [-0.25, -0.2) is 9.97 Å². The van der Waals surface area contributed by atoms with Gasteiger partial charge in [0.15, 0.2) is 0 Å². The van der Waals surface area contributed by atoms with Gasteiger partial charge in [0.25, 0.3) is 0 Å². The minimum absolute atomic E-state index is 0.137. The number of nitroso groups, excluding NO2 is 2. The molecule has 7 nitrogen and oxygen atoms in total. The highest BCUT2D eigenvalue weighted by Gasteiger charge is 2.19. The zero-order valence-corrected chi connectivity index (χ0v) is 7.91. The largest absolute Gasteiger partial charge is 0.213 e. The van der Waals surface area contributed by atoms with E-state index in [2.05, 4.69) is 20.3 Å². The number of rotatable bonds is 4. The van der Waals surface area contributed by atoms with E-state index in [0.29, 0.717) is 0 Å². The summed E-state index contributed by atoms with van der Waals surface area (Å²) in [6.45, 7) is 1.67. The molecule has 0 aliphatic carbocycles. The Morgan fingerprint density at radius 2 is 1.93 bits per heavy atom. The van der Waals surface area contributed by atoms with Crippen molar-refractivity contribution in [2.45, 2.75) is 19.3 Å². The molecule has 1 heterocycles. The lowest BCUT2D eigenvalue weighted by Gasteiger charge is -2.08. The van der Waals surface area contributed by atoms with Crippen molar-refractivity contribution < 1.29 is 0 Å². The van der Waals surface area contributed by atoms with E-state index < -0.39 is 0 Å². The van der Waals surface area contributed by atoms with Crippen LogP contribution in [0.4, 0.5) is 11.6 Å². The Labute approximate surface area is 85.1 Å². The first kappa shape index (κ1) is 10.8. The lowest BCUT2D eigenvalue weighted by Crippen LogP contribution is -1.97. The van der Waals surface area contributed by atoms with E-state index in [-0.39, 0.29) is 29.5 Å². The molecule has 0 amide bonds. The number of aromatic nitrogens is 2. The SMILES string of the molecule is C[C@H](CC#N)c1c(N=O)ncnc1N=O. The van der Waals surface area contributed by atoms with Crippen LogP contribution in [0.1, 0.15) is 24.8 Å². The third-order valence-corrected chi connectivity index (χ3v) is 1.91. The monoisotopic (exact) mass is 205 g/mol. The molecule has 15 heavy (non-hydrogen) atoms. The molecule has 7 heteroatoms. The summed E-state index contributed by atoms with van der Waals surface area (Å²) in [6.07, 6.45) is 1.18. The van der Waals surface area contributed by atoms with Crippen LogP contribution < -0.4 is 0 Å². The van der Waals surface area contributed by atoms with E-state index in [4.69, 9.17) is 5.26 Å². The molecule has 76 valence electrons. The highest BCUT2D eigenvalue weighted by atomic mass is 16.3. The summed E-state index contributed by atoms with van der Waals surface area (Å²) in [5.74, 6) is -0.624. The fourth-order valence-electron chi connectivity index (χ4n) is 1.20. The number of nitrogens with zero attached hydrogens (tertiary/aromatic N) is 5. The van der Waals surface area contributed by atoms with Crippen LogP contribution in [0.2, 0.25) is 0 Å². The molecule has 0 aromatic carbocycles. The Morgan fingerprint density at radius 3 is 2.33 bits per heavy atom. The van der Waals surface area contributed by atoms with Gasteiger partial charge in [0, 0.05) is 12.3 Å². The highest BCUT2D eigenvalue weighted by molar-refractivity contribution is 5.53. The topological polar surface area (TPSA) is 108 Å². The summed E-state index contributed by atoms with van der Waals surface area (Å²) >= 11 is 0. The molecule has 1 aromatic rings. The van der Waals surface area contributed by atoms with Crippen molar-refractivity contribution in [2.75, 3.05) is 0 Å². The van der Waals surface area contributed by atoms with E-state index in [1.165, 1.54) is 0 Å². The molecule has 1 atom stereocenters. The van der Waals surface area contributed by atoms with Crippen LogP contribution in [0.15, 0.2) is 16.7 Å². The lowest BCUT2D eigenvalue weighted by molar-refractivity contribution is 0.777. The fraction of sp³-hybridized carbons (Fsp3) is 0.375. The Bertz CT molecular complexity index is 399. The minimum atomic E-state index is -0.350. The van der Waals surface area contributed by atoms with E-state index in [1.807, 2.05) is 6.07 Å². The molecule has 1 rings (SSSR count). The van der Waals surface area contributed by atoms with Crippen LogP contribution in [0.3, 0.4) is 0 Å². The van der Waals surface area contributed by atoms with Gasteiger partial charge in [-0.1, -0.05) is 6.92 Å². The molecular weight excluding hydrogens is 198 g/mol. The molecule has 0 fully saturated rings. The third-order valence-electron chi connectivity index (χ3n) is 1.91. The summed E-state index contributed by atoms with van der Waals surface area (Å²) in [5.41, 5.74) is 0.226. The predicted molar refractivity (Wildman–Crippen MR) is 51.6 cm³/mol. The Kier molecular flexibility index (Phi) is 3.51. The normalized spacial score (nSPS) is 11.5. The van der Waals surface area contributed by atoms with Crippen molar-refractivity contribution >= 4 is 11.6 Å². The van der Waals surface area contributed by atoms with Crippen molar-refractivity contribution in [3.05, 3.63) is 21.7 Å². The van der Waals surface area contributed by atoms with Crippen LogP contribution in [-0.2, 0) is 0 Å². The number of hydrogen-bond donors (Lipinski definition) is 0. The predicted octanol–water partition coefficient (Wildman–Crippen LogP) is 2.29. The van der Waals surface area contributed by atoms with Gasteiger partial charge in [-0.2, -0.15) is 5.26 Å². The molecule has 0 spiro atoms. The minimum Gasteiger partial charge on any atom is -0.213 e. The first-order valence-corrected chi connectivity index (χ1v) is 4.13. The van der Waals surface area contributed by atoms with E-state index >= 15 is 0 Å². The molecule has 0 saturated carbocycles. The average molecular weight is 205 g/mol. The first-order valence-electron chi connectivity index (χ1n) is 4.13. The second-order valence-corrected chi connectivity index (χ2v) is 2.88. The van der Waals surface area contributed by atoms with Crippen LogP contribution in [-0.4, -0.2) is 9.97 Å². The maximum absolute atomic E-state index is 10.4. The average Bonchev–Trinajstić information content (AvgIpc) is 2.28. The molecule has 0 bridgehead atoms. The Morgan fingerprint density at radius 1 is 1.40 bits per heavy atom. The van der Waals surface area contributed by atoms with E-state index in [1.54, 1.807) is 6.92 Å². The molecule has 0 N–H and O–H groups in total. The fourth-order valence-corrected chi connectivity index (χ4v) is 1.20. The molecule has 0 aliphatic heterocycles. The zero-order valence-electron chi connectivity index (χ0n) is 7.91. The number of nitriles is 1. The van der Waals surface area contributed by atoms with Gasteiger partial charge in [0.1, 0.15) is 6.33 Å². The standard InChI is InChI=1S/C8H7N5O2/c1-5(2-3-9)6-7(12-14)10-4-11-8(6)13-15/h4-5H,2H2,1H3/t5-/m1/s1. The lowest BCUT2D eigenvalue weighted by atomic mass is 9.99. The maximum atomic E-state index is 10.4. The highest BCUT2D eigenvalue weighted by Crippen LogP contribution is 2.33. The third kappa shape index (κ3) is 2.17. The van der Waals surface area contributed by atoms with Crippen molar-refractivity contribution in [1.82, 2.24) is 9.97 Å². The van der Waals surface area contributed by atoms with E-state index in [0.717, 1.165) is 6.33 Å². The van der Waals surface area contributed by atoms with Crippen LogP contribution in [0, 0.1) is 21.1 Å². The summed E-state index contributed by atoms with van der Waals surface area (Å²) in [6, 6.07) is 1.93. The molecule has 1 aromatic heterocycles. The summed E-state index contributed by atoms with van der Waals surface area (Å²) in [5, 5.41) is 13.9. The van der Waals surface area contributed by atoms with Gasteiger partial charge in [-0.15, -0.1) is 9.81 Å². The summed E-state index contributed by atoms with van der Waals surface area (Å²) in [7, 11) is 0. The van der Waals surface area contributed by atoms with Gasteiger partial charge in [0.05, 0.1) is 11.6 Å². The van der Waals surface area contributed by atoms with Gasteiger partial charge < -0.3 is 0 Å². The van der Waals surface area contributed by atoms with Crippen LogP contribution >= 0.6 is 0 Å². The second kappa shape index (κ2) is 4.85. The Balaban J connectivity index is 3.28. The molecule has 0 unspecified atom stereocenters. The summed E-state index contributed by atoms with van der Waals surface area (Å²) in [4.78, 5) is 28.1. The van der Waals surface area contributed by atoms with Gasteiger partial charge in [-0.05, 0) is 10.4 Å². The van der Waals surface area contributed by atoms with Crippen LogP contribution in [0.25, 0.3) is 0 Å². The first-order chi connectivity index (χ1) is 7.24. The molecular formula is C8H7N5O2. The van der Waals surface area contributed by atoms with Crippen molar-refractivity contribution in [3.8, 4) is 6.07 Å². The molecule has 0 aliphatic rings. The van der Waals surface area contributed by atoms with Crippen LogP contribution in [0.5, 0.6) is 0 Å². The van der Waals surface area contributed by atoms with Crippen molar-refractivity contribution in [2.24, 2.45) is 10.4 Å².